The second-order valence-corrected chi connectivity index (χ2v) is 10.1. The van der Waals surface area contributed by atoms with Gasteiger partial charge in [0, 0.05) is 5.41 Å². The zero-order valence-electron chi connectivity index (χ0n) is 15.6. The Bertz CT molecular complexity index is 491. The van der Waals surface area contributed by atoms with Crippen molar-refractivity contribution in [3.63, 3.8) is 0 Å². The number of hydrogen-bond donors (Lipinski definition) is 3. The van der Waals surface area contributed by atoms with E-state index in [0.717, 1.165) is 38.5 Å². The van der Waals surface area contributed by atoms with Gasteiger partial charge < -0.3 is 15.3 Å². The van der Waals surface area contributed by atoms with Gasteiger partial charge in [0.1, 0.15) is 0 Å². The highest BCUT2D eigenvalue weighted by Crippen LogP contribution is 2.67. The topological polar surface area (TPSA) is 60.7 Å². The minimum Gasteiger partial charge on any atom is -0.393 e. The quantitative estimate of drug-likeness (QED) is 0.688. The third-order valence-electron chi connectivity index (χ3n) is 9.24. The Morgan fingerprint density at radius 2 is 1.67 bits per heavy atom. The molecule has 0 bridgehead atoms. The summed E-state index contributed by atoms with van der Waals surface area (Å²) in [6.45, 7) is 6.95. The minimum atomic E-state index is -0.243. The number of fused-ring (bicyclic) bond motifs is 5. The van der Waals surface area contributed by atoms with E-state index in [0.29, 0.717) is 29.6 Å². The van der Waals surface area contributed by atoms with E-state index in [4.69, 9.17) is 0 Å². The van der Waals surface area contributed by atoms with Gasteiger partial charge in [0.2, 0.25) is 0 Å². The Hall–Kier alpha value is -0.120. The minimum absolute atomic E-state index is 0.0273. The van der Waals surface area contributed by atoms with Crippen LogP contribution in [0.15, 0.2) is 0 Å². The van der Waals surface area contributed by atoms with Gasteiger partial charge in [-0.05, 0) is 80.0 Å². The average molecular weight is 337 g/mol. The first-order chi connectivity index (χ1) is 11.3. The molecule has 0 saturated heterocycles. The lowest BCUT2D eigenvalue weighted by Crippen LogP contribution is -2.62. The van der Waals surface area contributed by atoms with Crippen molar-refractivity contribution in [2.45, 2.75) is 90.4 Å². The van der Waals surface area contributed by atoms with Crippen molar-refractivity contribution < 1.29 is 15.3 Å². The van der Waals surface area contributed by atoms with E-state index < -0.39 is 0 Å². The summed E-state index contributed by atoms with van der Waals surface area (Å²) in [5, 5.41) is 32.5. The lowest BCUT2D eigenvalue weighted by molar-refractivity contribution is -0.210. The maximum absolute atomic E-state index is 11.3. The van der Waals surface area contributed by atoms with Crippen molar-refractivity contribution in [3.05, 3.63) is 0 Å². The summed E-state index contributed by atoms with van der Waals surface area (Å²) in [5.41, 5.74) is 0.218. The number of aliphatic hydroxyl groups excluding tert-OH is 3. The van der Waals surface area contributed by atoms with Gasteiger partial charge in [-0.2, -0.15) is 0 Å². The van der Waals surface area contributed by atoms with Gasteiger partial charge in [-0.1, -0.05) is 27.2 Å². The van der Waals surface area contributed by atoms with Crippen molar-refractivity contribution in [2.24, 2.45) is 40.4 Å². The molecule has 4 aliphatic rings. The Morgan fingerprint density at radius 1 is 0.917 bits per heavy atom. The molecule has 0 heterocycles. The Balaban J connectivity index is 1.72. The number of aliphatic hydroxyl groups is 3. The van der Waals surface area contributed by atoms with E-state index in [1.54, 1.807) is 0 Å². The second-order valence-electron chi connectivity index (χ2n) is 10.1. The molecule has 0 aliphatic heterocycles. The van der Waals surface area contributed by atoms with E-state index in [1.165, 1.54) is 12.8 Å². The maximum atomic E-state index is 11.3. The molecule has 4 rings (SSSR count). The number of rotatable bonds is 1. The highest BCUT2D eigenvalue weighted by atomic mass is 16.3. The molecule has 4 saturated carbocycles. The molecule has 0 spiro atoms. The van der Waals surface area contributed by atoms with Crippen molar-refractivity contribution in [1.29, 1.82) is 0 Å². The molecule has 2 unspecified atom stereocenters. The molecular weight excluding hydrogens is 300 g/mol. The highest BCUT2D eigenvalue weighted by Gasteiger charge is 2.64. The third-order valence-corrected chi connectivity index (χ3v) is 9.24. The standard InChI is InChI=1S/C21H36O3/c1-12(2)21-7-4-5-15(21)19-16(11-18(21)24)20(3)8-6-14(22)9-13(20)10-17(19)23/h12-19,22-24H,4-11H2,1-3H3/t13-,14+,15?,16?,17+,18-,19-,20-,21-/m0/s1. The molecule has 0 radical (unpaired) electrons. The van der Waals surface area contributed by atoms with E-state index in [-0.39, 0.29) is 29.1 Å². The molecule has 3 heteroatoms. The van der Waals surface area contributed by atoms with Gasteiger partial charge in [0.25, 0.3) is 0 Å². The normalized spacial score (nSPS) is 57.4. The molecule has 0 aromatic carbocycles. The fourth-order valence-electron chi connectivity index (χ4n) is 7.99. The Labute approximate surface area is 146 Å². The predicted octanol–water partition coefficient (Wildman–Crippen LogP) is 3.36. The number of hydrogen-bond acceptors (Lipinski definition) is 3. The zero-order valence-corrected chi connectivity index (χ0v) is 15.6. The summed E-state index contributed by atoms with van der Waals surface area (Å²) in [7, 11) is 0. The summed E-state index contributed by atoms with van der Waals surface area (Å²) < 4.78 is 0. The average Bonchev–Trinajstić information content (AvgIpc) is 2.96. The van der Waals surface area contributed by atoms with E-state index in [1.807, 2.05) is 0 Å². The van der Waals surface area contributed by atoms with Crippen LogP contribution < -0.4 is 0 Å². The summed E-state index contributed by atoms with van der Waals surface area (Å²) in [5.74, 6) is 2.15. The molecule has 3 N–H and O–H groups in total. The third kappa shape index (κ3) is 2.13. The fourth-order valence-corrected chi connectivity index (χ4v) is 7.99. The molecule has 0 aromatic rings. The van der Waals surface area contributed by atoms with Crippen LogP contribution in [0, 0.1) is 40.4 Å². The summed E-state index contributed by atoms with van der Waals surface area (Å²) in [4.78, 5) is 0. The molecular formula is C21H36O3. The molecule has 4 aliphatic carbocycles. The molecule has 0 amide bonds. The van der Waals surface area contributed by atoms with Crippen LogP contribution >= 0.6 is 0 Å². The molecule has 4 fully saturated rings. The second kappa shape index (κ2) is 5.69. The summed E-state index contributed by atoms with van der Waals surface area (Å²) in [6.07, 6.45) is 7.36. The molecule has 3 nitrogen and oxygen atoms in total. The van der Waals surface area contributed by atoms with Crippen molar-refractivity contribution >= 4 is 0 Å². The van der Waals surface area contributed by atoms with Crippen LogP contribution in [0.2, 0.25) is 0 Å². The van der Waals surface area contributed by atoms with Crippen molar-refractivity contribution in [1.82, 2.24) is 0 Å². The lowest BCUT2D eigenvalue weighted by Gasteiger charge is -2.64. The monoisotopic (exact) mass is 336 g/mol. The highest BCUT2D eigenvalue weighted by molar-refractivity contribution is 5.13. The SMILES string of the molecule is CC(C)[C@@]12CCCC1[C@H]1C(C[C@@H]2O)[C@@]2(C)CC[C@@H](O)C[C@H]2C[C@H]1O. The lowest BCUT2D eigenvalue weighted by atomic mass is 9.42. The molecule has 9 atom stereocenters. The van der Waals surface area contributed by atoms with Gasteiger partial charge in [-0.3, -0.25) is 0 Å². The molecule has 138 valence electrons. The first-order valence-electron chi connectivity index (χ1n) is 10.3. The zero-order chi connectivity index (χ0) is 17.3. The first kappa shape index (κ1) is 17.3. The van der Waals surface area contributed by atoms with Gasteiger partial charge in [0.15, 0.2) is 0 Å². The van der Waals surface area contributed by atoms with Gasteiger partial charge in [-0.15, -0.1) is 0 Å². The van der Waals surface area contributed by atoms with Gasteiger partial charge in [0.05, 0.1) is 18.3 Å². The largest absolute Gasteiger partial charge is 0.393 e. The van der Waals surface area contributed by atoms with E-state index in [2.05, 4.69) is 20.8 Å². The predicted molar refractivity (Wildman–Crippen MR) is 94.3 cm³/mol. The van der Waals surface area contributed by atoms with Gasteiger partial charge in [-0.25, -0.2) is 0 Å². The van der Waals surface area contributed by atoms with Crippen LogP contribution in [0.5, 0.6) is 0 Å². The Kier molecular flexibility index (Phi) is 4.10. The van der Waals surface area contributed by atoms with E-state index in [9.17, 15) is 15.3 Å². The molecule has 24 heavy (non-hydrogen) atoms. The van der Waals surface area contributed by atoms with Gasteiger partial charge >= 0.3 is 0 Å². The van der Waals surface area contributed by atoms with Crippen molar-refractivity contribution in [3.8, 4) is 0 Å². The fraction of sp³-hybridized carbons (Fsp3) is 1.00. The van der Waals surface area contributed by atoms with Crippen LogP contribution in [-0.4, -0.2) is 33.6 Å². The van der Waals surface area contributed by atoms with Crippen LogP contribution in [0.4, 0.5) is 0 Å². The van der Waals surface area contributed by atoms with E-state index >= 15 is 0 Å². The van der Waals surface area contributed by atoms with Crippen LogP contribution in [0.1, 0.15) is 72.1 Å². The maximum Gasteiger partial charge on any atom is 0.0604 e. The van der Waals surface area contributed by atoms with Crippen LogP contribution in [-0.2, 0) is 0 Å². The van der Waals surface area contributed by atoms with Crippen LogP contribution in [0.3, 0.4) is 0 Å². The smallest absolute Gasteiger partial charge is 0.0604 e. The summed E-state index contributed by atoms with van der Waals surface area (Å²) in [6, 6.07) is 0. The summed E-state index contributed by atoms with van der Waals surface area (Å²) >= 11 is 0. The van der Waals surface area contributed by atoms with Crippen molar-refractivity contribution in [2.75, 3.05) is 0 Å². The molecule has 0 aromatic heterocycles. The Morgan fingerprint density at radius 3 is 2.38 bits per heavy atom. The van der Waals surface area contributed by atoms with Crippen LogP contribution in [0.25, 0.3) is 0 Å². The first-order valence-corrected chi connectivity index (χ1v) is 10.3.